The second-order valence-electron chi connectivity index (χ2n) is 3.11. The number of hydrogen-bond donors (Lipinski definition) is 3. The summed E-state index contributed by atoms with van der Waals surface area (Å²) in [4.78, 5) is 10.1. The van der Waals surface area contributed by atoms with Crippen LogP contribution in [0.25, 0.3) is 0 Å². The third-order valence-electron chi connectivity index (χ3n) is 1.91. The predicted octanol–water partition coefficient (Wildman–Crippen LogP) is 1.01. The molecule has 0 saturated carbocycles. The molecule has 16 heavy (non-hydrogen) atoms. The fourth-order valence-corrected chi connectivity index (χ4v) is 1.36. The molecule has 0 radical (unpaired) electrons. The Morgan fingerprint density at radius 3 is 2.81 bits per heavy atom. The van der Waals surface area contributed by atoms with Crippen molar-refractivity contribution < 1.29 is 15.1 Å². The lowest BCUT2D eigenvalue weighted by Crippen LogP contribution is -2.23. The van der Waals surface area contributed by atoms with E-state index in [0.717, 1.165) is 0 Å². The molecular formula is C9H11ClN2O4. The molecule has 0 aliphatic rings. The first-order valence-corrected chi connectivity index (χ1v) is 4.89. The van der Waals surface area contributed by atoms with Crippen LogP contribution in [0, 0.1) is 10.1 Å². The Balaban J connectivity index is 2.88. The van der Waals surface area contributed by atoms with Gasteiger partial charge in [-0.25, -0.2) is 0 Å². The van der Waals surface area contributed by atoms with Gasteiger partial charge in [-0.2, -0.15) is 0 Å². The number of halogens is 1. The van der Waals surface area contributed by atoms with Gasteiger partial charge >= 0.3 is 0 Å². The first kappa shape index (κ1) is 12.7. The third kappa shape index (κ3) is 3.06. The first-order chi connectivity index (χ1) is 7.56. The van der Waals surface area contributed by atoms with Crippen molar-refractivity contribution in [1.29, 1.82) is 0 Å². The number of nitrogens with zero attached hydrogens (tertiary/aromatic N) is 1. The molecule has 0 heterocycles. The summed E-state index contributed by atoms with van der Waals surface area (Å²) in [5.74, 6) is 0. The van der Waals surface area contributed by atoms with Crippen LogP contribution in [0.2, 0.25) is 5.02 Å². The second-order valence-corrected chi connectivity index (χ2v) is 3.52. The minimum Gasteiger partial charge on any atom is -0.394 e. The Labute approximate surface area is 96.6 Å². The van der Waals surface area contributed by atoms with Crippen molar-refractivity contribution in [3.05, 3.63) is 33.3 Å². The summed E-state index contributed by atoms with van der Waals surface area (Å²) >= 11 is 5.79. The highest BCUT2D eigenvalue weighted by molar-refractivity contribution is 6.33. The molecule has 6 nitrogen and oxygen atoms in total. The molecule has 0 saturated heterocycles. The summed E-state index contributed by atoms with van der Waals surface area (Å²) in [6, 6.07) is 4.27. The highest BCUT2D eigenvalue weighted by Crippen LogP contribution is 2.31. The number of nitro groups is 1. The molecule has 3 N–H and O–H groups in total. The van der Waals surface area contributed by atoms with Gasteiger partial charge in [-0.05, 0) is 6.07 Å². The van der Waals surface area contributed by atoms with Gasteiger partial charge in [0.2, 0.25) is 0 Å². The fourth-order valence-electron chi connectivity index (χ4n) is 1.12. The van der Waals surface area contributed by atoms with Gasteiger partial charge in [0.1, 0.15) is 5.69 Å². The molecule has 1 aromatic carbocycles. The SMILES string of the molecule is O=[N+]([O-])c1cccc(Cl)c1NCC(O)CO. The molecule has 1 rings (SSSR count). The standard InChI is InChI=1S/C9H11ClN2O4/c10-7-2-1-3-8(12(15)16)9(7)11-4-6(14)5-13/h1-3,6,11,13-14H,4-5H2. The number of rotatable bonds is 5. The second kappa shape index (κ2) is 5.64. The van der Waals surface area contributed by atoms with E-state index in [1.54, 1.807) is 0 Å². The summed E-state index contributed by atoms with van der Waals surface area (Å²) in [7, 11) is 0. The van der Waals surface area contributed by atoms with Gasteiger partial charge in [-0.15, -0.1) is 0 Å². The zero-order valence-corrected chi connectivity index (χ0v) is 9.02. The summed E-state index contributed by atoms with van der Waals surface area (Å²) in [5.41, 5.74) is -0.0284. The number of hydrogen-bond acceptors (Lipinski definition) is 5. The van der Waals surface area contributed by atoms with Crippen LogP contribution in [0.1, 0.15) is 0 Å². The van der Waals surface area contributed by atoms with Crippen LogP contribution in [-0.2, 0) is 0 Å². The largest absolute Gasteiger partial charge is 0.394 e. The highest BCUT2D eigenvalue weighted by atomic mass is 35.5. The van der Waals surface area contributed by atoms with Gasteiger partial charge in [-0.1, -0.05) is 17.7 Å². The molecule has 0 aliphatic heterocycles. The van der Waals surface area contributed by atoms with Crippen molar-refractivity contribution >= 4 is 23.0 Å². The normalized spacial score (nSPS) is 12.2. The van der Waals surface area contributed by atoms with E-state index in [1.807, 2.05) is 0 Å². The number of aliphatic hydroxyl groups excluding tert-OH is 2. The van der Waals surface area contributed by atoms with Gasteiger partial charge in [0.15, 0.2) is 0 Å². The van der Waals surface area contributed by atoms with Crippen LogP contribution in [0.3, 0.4) is 0 Å². The molecule has 0 aliphatic carbocycles. The molecule has 1 aromatic rings. The molecule has 0 amide bonds. The lowest BCUT2D eigenvalue weighted by atomic mass is 10.2. The predicted molar refractivity (Wildman–Crippen MR) is 59.7 cm³/mol. The third-order valence-corrected chi connectivity index (χ3v) is 2.23. The van der Waals surface area contributed by atoms with E-state index in [4.69, 9.17) is 21.8 Å². The molecule has 0 bridgehead atoms. The Kier molecular flexibility index (Phi) is 4.48. The monoisotopic (exact) mass is 246 g/mol. The van der Waals surface area contributed by atoms with Crippen molar-refractivity contribution in [2.75, 3.05) is 18.5 Å². The maximum atomic E-state index is 10.7. The van der Waals surface area contributed by atoms with Crippen molar-refractivity contribution in [3.63, 3.8) is 0 Å². The Morgan fingerprint density at radius 2 is 2.25 bits per heavy atom. The lowest BCUT2D eigenvalue weighted by molar-refractivity contribution is -0.383. The first-order valence-electron chi connectivity index (χ1n) is 4.52. The molecule has 0 fully saturated rings. The van der Waals surface area contributed by atoms with Crippen LogP contribution in [-0.4, -0.2) is 34.4 Å². The van der Waals surface area contributed by atoms with E-state index in [2.05, 4.69) is 5.32 Å². The average Bonchev–Trinajstić information content (AvgIpc) is 2.26. The van der Waals surface area contributed by atoms with Crippen LogP contribution in [0.4, 0.5) is 11.4 Å². The summed E-state index contributed by atoms with van der Waals surface area (Å²) in [6.45, 7) is -0.438. The van der Waals surface area contributed by atoms with Crippen molar-refractivity contribution in [1.82, 2.24) is 0 Å². The van der Waals surface area contributed by atoms with Crippen LogP contribution >= 0.6 is 11.6 Å². The Hall–Kier alpha value is -1.37. The summed E-state index contributed by atoms with van der Waals surface area (Å²) in [6.07, 6.45) is -0.990. The van der Waals surface area contributed by atoms with Gasteiger partial charge in [0.25, 0.3) is 5.69 Å². The fraction of sp³-hybridized carbons (Fsp3) is 0.333. The molecule has 1 atom stereocenters. The Bertz CT molecular complexity index is 386. The smallest absolute Gasteiger partial charge is 0.293 e. The van der Waals surface area contributed by atoms with E-state index in [9.17, 15) is 10.1 Å². The van der Waals surface area contributed by atoms with E-state index in [1.165, 1.54) is 18.2 Å². The van der Waals surface area contributed by atoms with E-state index in [-0.39, 0.29) is 22.9 Å². The summed E-state index contributed by atoms with van der Waals surface area (Å²) in [5, 5.41) is 31.2. The van der Waals surface area contributed by atoms with Gasteiger partial charge < -0.3 is 15.5 Å². The minimum absolute atomic E-state index is 0.0128. The van der Waals surface area contributed by atoms with E-state index < -0.39 is 17.6 Å². The Morgan fingerprint density at radius 1 is 1.56 bits per heavy atom. The minimum atomic E-state index is -0.990. The number of anilines is 1. The summed E-state index contributed by atoms with van der Waals surface area (Å²) < 4.78 is 0. The van der Waals surface area contributed by atoms with E-state index >= 15 is 0 Å². The van der Waals surface area contributed by atoms with Gasteiger partial charge in [0.05, 0.1) is 22.7 Å². The number of nitro benzene ring substituents is 1. The van der Waals surface area contributed by atoms with Crippen LogP contribution in [0.5, 0.6) is 0 Å². The highest BCUT2D eigenvalue weighted by Gasteiger charge is 2.16. The number of nitrogens with one attached hydrogen (secondary N) is 1. The van der Waals surface area contributed by atoms with Crippen molar-refractivity contribution in [2.45, 2.75) is 6.10 Å². The molecule has 88 valence electrons. The van der Waals surface area contributed by atoms with Crippen LogP contribution < -0.4 is 5.32 Å². The van der Waals surface area contributed by atoms with Crippen molar-refractivity contribution in [2.24, 2.45) is 0 Å². The zero-order valence-electron chi connectivity index (χ0n) is 8.26. The maximum absolute atomic E-state index is 10.7. The quantitative estimate of drug-likeness (QED) is 0.532. The van der Waals surface area contributed by atoms with E-state index in [0.29, 0.717) is 0 Å². The number of aliphatic hydroxyl groups is 2. The number of benzene rings is 1. The molecule has 7 heteroatoms. The maximum Gasteiger partial charge on any atom is 0.293 e. The molecule has 0 spiro atoms. The molecule has 1 unspecified atom stereocenters. The van der Waals surface area contributed by atoms with Gasteiger partial charge in [-0.3, -0.25) is 10.1 Å². The van der Waals surface area contributed by atoms with Gasteiger partial charge in [0, 0.05) is 12.6 Å². The zero-order chi connectivity index (χ0) is 12.1. The van der Waals surface area contributed by atoms with Crippen molar-refractivity contribution in [3.8, 4) is 0 Å². The molecule has 0 aromatic heterocycles. The van der Waals surface area contributed by atoms with Crippen LogP contribution in [0.15, 0.2) is 18.2 Å². The molecular weight excluding hydrogens is 236 g/mol. The lowest BCUT2D eigenvalue weighted by Gasteiger charge is -2.11. The average molecular weight is 247 g/mol. The number of para-hydroxylation sites is 1. The topological polar surface area (TPSA) is 95.6 Å².